The van der Waals surface area contributed by atoms with Crippen LogP contribution < -0.4 is 5.32 Å². The molecule has 0 fully saturated rings. The fourth-order valence-electron chi connectivity index (χ4n) is 1.61. The molecule has 0 saturated heterocycles. The largest absolute Gasteiger partial charge is 0.370 e. The molecule has 0 saturated carbocycles. The van der Waals surface area contributed by atoms with Gasteiger partial charge in [0.05, 0.1) is 0 Å². The number of rotatable bonds is 4. The van der Waals surface area contributed by atoms with Gasteiger partial charge in [-0.25, -0.2) is 15.0 Å². The summed E-state index contributed by atoms with van der Waals surface area (Å²) in [6, 6.07) is 0. The van der Waals surface area contributed by atoms with Crippen LogP contribution in [-0.4, -0.2) is 31.7 Å². The van der Waals surface area contributed by atoms with Crippen LogP contribution in [0.1, 0.15) is 39.1 Å². The molecule has 7 heteroatoms. The van der Waals surface area contributed by atoms with Gasteiger partial charge in [0, 0.05) is 17.5 Å². The Morgan fingerprint density at radius 3 is 2.60 bits per heavy atom. The Balaban J connectivity index is 2.45. The van der Waals surface area contributed by atoms with E-state index in [-0.39, 0.29) is 5.41 Å². The summed E-state index contributed by atoms with van der Waals surface area (Å²) >= 11 is 1.47. The third-order valence-corrected chi connectivity index (χ3v) is 3.68. The van der Waals surface area contributed by atoms with E-state index in [0.717, 1.165) is 33.9 Å². The second kappa shape index (κ2) is 5.78. The van der Waals surface area contributed by atoms with Crippen LogP contribution in [0.2, 0.25) is 0 Å². The highest BCUT2D eigenvalue weighted by atomic mass is 32.2. The predicted octanol–water partition coefficient (Wildman–Crippen LogP) is 2.78. The van der Waals surface area contributed by atoms with E-state index in [1.54, 1.807) is 0 Å². The Morgan fingerprint density at radius 2 is 2.05 bits per heavy atom. The fourth-order valence-corrected chi connectivity index (χ4v) is 2.37. The van der Waals surface area contributed by atoms with Crippen LogP contribution in [0.15, 0.2) is 16.5 Å². The zero-order valence-corrected chi connectivity index (χ0v) is 13.3. The maximum absolute atomic E-state index is 4.69. The van der Waals surface area contributed by atoms with Crippen LogP contribution in [0.3, 0.4) is 0 Å². The van der Waals surface area contributed by atoms with Crippen LogP contribution in [-0.2, 0) is 5.41 Å². The number of hydrogen-bond donors (Lipinski definition) is 2. The average molecular weight is 292 g/mol. The Kier molecular flexibility index (Phi) is 4.27. The van der Waals surface area contributed by atoms with Crippen LogP contribution in [0.4, 0.5) is 5.82 Å². The zero-order chi connectivity index (χ0) is 14.8. The van der Waals surface area contributed by atoms with Crippen molar-refractivity contribution in [1.82, 2.24) is 25.1 Å². The molecule has 2 aromatic heterocycles. The average Bonchev–Trinajstić information content (AvgIpc) is 2.86. The monoisotopic (exact) mass is 292 g/mol. The Labute approximate surface area is 123 Å². The van der Waals surface area contributed by atoms with Crippen molar-refractivity contribution in [3.63, 3.8) is 0 Å². The summed E-state index contributed by atoms with van der Waals surface area (Å²) in [4.78, 5) is 13.5. The molecular weight excluding hydrogens is 272 g/mol. The number of aromatic nitrogens is 5. The zero-order valence-electron chi connectivity index (χ0n) is 12.5. The van der Waals surface area contributed by atoms with Crippen molar-refractivity contribution in [2.24, 2.45) is 0 Å². The lowest BCUT2D eigenvalue weighted by atomic mass is 9.95. The smallest absolute Gasteiger partial charge is 0.189 e. The van der Waals surface area contributed by atoms with E-state index in [9.17, 15) is 0 Å². The molecule has 108 valence electrons. The molecule has 20 heavy (non-hydrogen) atoms. The van der Waals surface area contributed by atoms with E-state index in [2.05, 4.69) is 58.2 Å². The molecule has 0 unspecified atom stereocenters. The number of H-pyrrole nitrogens is 1. The molecule has 0 spiro atoms. The number of nitrogens with zero attached hydrogens (tertiary/aromatic N) is 4. The van der Waals surface area contributed by atoms with Crippen LogP contribution in [0, 0.1) is 6.92 Å². The first-order valence-corrected chi connectivity index (χ1v) is 7.39. The third-order valence-electron chi connectivity index (χ3n) is 2.70. The van der Waals surface area contributed by atoms with Crippen molar-refractivity contribution >= 4 is 17.6 Å². The van der Waals surface area contributed by atoms with Crippen molar-refractivity contribution in [3.05, 3.63) is 17.7 Å². The lowest BCUT2D eigenvalue weighted by Gasteiger charge is -2.20. The molecular formula is C13H20N6S. The summed E-state index contributed by atoms with van der Waals surface area (Å²) in [6.45, 7) is 11.2. The summed E-state index contributed by atoms with van der Waals surface area (Å²) in [5, 5.41) is 11.6. The summed E-state index contributed by atoms with van der Waals surface area (Å²) in [5.41, 5.74) is 0.926. The van der Waals surface area contributed by atoms with Gasteiger partial charge in [-0.1, -0.05) is 20.8 Å². The number of nitrogens with one attached hydrogen (secondary N) is 2. The summed E-state index contributed by atoms with van der Waals surface area (Å²) < 4.78 is 0. The second-order valence-electron chi connectivity index (χ2n) is 5.50. The van der Waals surface area contributed by atoms with Crippen molar-refractivity contribution in [2.45, 2.75) is 50.2 Å². The minimum Gasteiger partial charge on any atom is -0.370 e. The normalized spacial score (nSPS) is 11.7. The molecule has 0 aromatic carbocycles. The van der Waals surface area contributed by atoms with Gasteiger partial charge in [-0.15, -0.1) is 0 Å². The van der Waals surface area contributed by atoms with Gasteiger partial charge in [-0.3, -0.25) is 5.10 Å². The highest BCUT2D eigenvalue weighted by Crippen LogP contribution is 2.31. The maximum atomic E-state index is 4.69. The van der Waals surface area contributed by atoms with Crippen LogP contribution in [0.5, 0.6) is 0 Å². The van der Waals surface area contributed by atoms with E-state index >= 15 is 0 Å². The lowest BCUT2D eigenvalue weighted by Crippen LogP contribution is -2.18. The van der Waals surface area contributed by atoms with E-state index in [4.69, 9.17) is 0 Å². The van der Waals surface area contributed by atoms with Crippen LogP contribution >= 0.6 is 11.8 Å². The Morgan fingerprint density at radius 1 is 1.30 bits per heavy atom. The van der Waals surface area contributed by atoms with Gasteiger partial charge >= 0.3 is 0 Å². The van der Waals surface area contributed by atoms with Crippen molar-refractivity contribution in [3.8, 4) is 0 Å². The first kappa shape index (κ1) is 14.8. The van der Waals surface area contributed by atoms with Crippen molar-refractivity contribution in [1.29, 1.82) is 0 Å². The molecule has 0 amide bonds. The van der Waals surface area contributed by atoms with Gasteiger partial charge in [0.25, 0.3) is 0 Å². The van der Waals surface area contributed by atoms with E-state index in [0.29, 0.717) is 0 Å². The summed E-state index contributed by atoms with van der Waals surface area (Å²) in [5.74, 6) is 1.70. The van der Waals surface area contributed by atoms with Crippen LogP contribution in [0.25, 0.3) is 0 Å². The molecule has 2 heterocycles. The molecule has 0 aliphatic heterocycles. The highest BCUT2D eigenvalue weighted by Gasteiger charge is 2.21. The Bertz CT molecular complexity index is 573. The van der Waals surface area contributed by atoms with E-state index < -0.39 is 0 Å². The molecule has 2 aromatic rings. The Hall–Kier alpha value is -1.63. The highest BCUT2D eigenvalue weighted by molar-refractivity contribution is 7.99. The number of hydrogen-bond acceptors (Lipinski definition) is 6. The van der Waals surface area contributed by atoms with Gasteiger partial charge in [0.1, 0.15) is 23.0 Å². The first-order valence-electron chi connectivity index (χ1n) is 6.58. The van der Waals surface area contributed by atoms with Gasteiger partial charge in [-0.2, -0.15) is 5.10 Å². The molecule has 2 rings (SSSR count). The number of anilines is 1. The molecule has 2 N–H and O–H groups in total. The molecule has 0 aliphatic carbocycles. The molecule has 0 atom stereocenters. The van der Waals surface area contributed by atoms with Crippen molar-refractivity contribution in [2.75, 3.05) is 11.9 Å². The first-order chi connectivity index (χ1) is 9.41. The maximum Gasteiger partial charge on any atom is 0.189 e. The van der Waals surface area contributed by atoms with E-state index in [1.165, 1.54) is 18.1 Å². The second-order valence-corrected chi connectivity index (χ2v) is 6.48. The SMILES string of the molecule is CCNc1nc(C(C)(C)C)nc(Sc2ncn[nH]2)c1C. The summed E-state index contributed by atoms with van der Waals surface area (Å²) in [7, 11) is 0. The number of aromatic amines is 1. The van der Waals surface area contributed by atoms with Gasteiger partial charge < -0.3 is 5.32 Å². The molecule has 0 bridgehead atoms. The van der Waals surface area contributed by atoms with Gasteiger partial charge in [-0.05, 0) is 25.6 Å². The standard InChI is InChI=1S/C13H20N6S/c1-6-14-9-8(2)10(20-12-15-7-16-19-12)18-11(17-9)13(3,4)5/h7H,6H2,1-5H3,(H,14,17,18)(H,15,16,19). The molecule has 0 radical (unpaired) electrons. The lowest BCUT2D eigenvalue weighted by molar-refractivity contribution is 0.538. The third kappa shape index (κ3) is 3.27. The predicted molar refractivity (Wildman–Crippen MR) is 80.1 cm³/mol. The van der Waals surface area contributed by atoms with Crippen molar-refractivity contribution < 1.29 is 0 Å². The van der Waals surface area contributed by atoms with Gasteiger partial charge in [0.2, 0.25) is 0 Å². The fraction of sp³-hybridized carbons (Fsp3) is 0.538. The topological polar surface area (TPSA) is 79.4 Å². The molecule has 6 nitrogen and oxygen atoms in total. The quantitative estimate of drug-likeness (QED) is 0.844. The minimum absolute atomic E-state index is 0.103. The van der Waals surface area contributed by atoms with Gasteiger partial charge in [0.15, 0.2) is 5.16 Å². The van der Waals surface area contributed by atoms with E-state index in [1.807, 2.05) is 6.92 Å². The minimum atomic E-state index is -0.103. The molecule has 0 aliphatic rings. The summed E-state index contributed by atoms with van der Waals surface area (Å²) in [6.07, 6.45) is 1.49.